The number of ether oxygens (including phenoxy) is 1. The number of aromatic amines is 1. The van der Waals surface area contributed by atoms with E-state index in [-0.39, 0.29) is 6.09 Å². The Labute approximate surface area is 136 Å². The van der Waals surface area contributed by atoms with Crippen molar-refractivity contribution in [1.29, 1.82) is 0 Å². The summed E-state index contributed by atoms with van der Waals surface area (Å²) >= 11 is 0. The van der Waals surface area contributed by atoms with E-state index in [0.717, 1.165) is 17.6 Å². The number of nitrogens with one attached hydrogen (secondary N) is 1. The van der Waals surface area contributed by atoms with Crippen LogP contribution in [0.3, 0.4) is 0 Å². The van der Waals surface area contributed by atoms with Gasteiger partial charge in [-0.3, -0.25) is 5.10 Å². The Morgan fingerprint density at radius 3 is 2.78 bits per heavy atom. The SMILES string of the molecule is Cc1n[nH]c2cccc(C3=CCN(C(=O)OC(C)(C)C)CC3)c12. The van der Waals surface area contributed by atoms with E-state index >= 15 is 0 Å². The molecule has 0 bridgehead atoms. The van der Waals surface area contributed by atoms with Gasteiger partial charge in [-0.25, -0.2) is 4.79 Å². The Morgan fingerprint density at radius 2 is 2.13 bits per heavy atom. The zero-order valence-corrected chi connectivity index (χ0v) is 14.1. The van der Waals surface area contributed by atoms with Crippen LogP contribution in [0.5, 0.6) is 0 Å². The number of aryl methyl sites for hydroxylation is 1. The molecule has 1 N–H and O–H groups in total. The fourth-order valence-electron chi connectivity index (χ4n) is 2.91. The standard InChI is InChI=1S/C18H23N3O2/c1-12-16-14(6-5-7-15(16)20-19-12)13-8-10-21(11-9-13)17(22)23-18(2,3)4/h5-8H,9-11H2,1-4H3,(H,19,20). The van der Waals surface area contributed by atoms with Crippen LogP contribution in [-0.2, 0) is 4.74 Å². The maximum Gasteiger partial charge on any atom is 0.410 e. The topological polar surface area (TPSA) is 58.2 Å². The average Bonchev–Trinajstić information content (AvgIpc) is 2.87. The van der Waals surface area contributed by atoms with Crippen molar-refractivity contribution < 1.29 is 9.53 Å². The van der Waals surface area contributed by atoms with Crippen LogP contribution in [-0.4, -0.2) is 39.9 Å². The Morgan fingerprint density at radius 1 is 1.35 bits per heavy atom. The third-order valence-corrected chi connectivity index (χ3v) is 3.98. The van der Waals surface area contributed by atoms with E-state index in [4.69, 9.17) is 4.74 Å². The molecule has 0 radical (unpaired) electrons. The maximum atomic E-state index is 12.1. The van der Waals surface area contributed by atoms with Crippen molar-refractivity contribution in [1.82, 2.24) is 15.1 Å². The van der Waals surface area contributed by atoms with Crippen LogP contribution < -0.4 is 0 Å². The Hall–Kier alpha value is -2.30. The summed E-state index contributed by atoms with van der Waals surface area (Å²) in [4.78, 5) is 13.9. The Balaban J connectivity index is 1.81. The highest BCUT2D eigenvalue weighted by Crippen LogP contribution is 2.30. The van der Waals surface area contributed by atoms with Crippen molar-refractivity contribution in [3.63, 3.8) is 0 Å². The first-order chi connectivity index (χ1) is 10.8. The quantitative estimate of drug-likeness (QED) is 0.868. The number of hydrogen-bond acceptors (Lipinski definition) is 3. The van der Waals surface area contributed by atoms with Crippen LogP contribution in [0.25, 0.3) is 16.5 Å². The number of nitrogens with zero attached hydrogens (tertiary/aromatic N) is 2. The van der Waals surface area contributed by atoms with E-state index in [1.54, 1.807) is 4.90 Å². The highest BCUT2D eigenvalue weighted by Gasteiger charge is 2.24. The van der Waals surface area contributed by atoms with Crippen LogP contribution in [0.2, 0.25) is 0 Å². The summed E-state index contributed by atoms with van der Waals surface area (Å²) in [5.41, 5.74) is 4.07. The molecule has 3 rings (SSSR count). The highest BCUT2D eigenvalue weighted by atomic mass is 16.6. The number of carbonyl (C=O) groups is 1. The number of fused-ring (bicyclic) bond motifs is 1. The molecule has 1 aromatic carbocycles. The lowest BCUT2D eigenvalue weighted by Gasteiger charge is -2.29. The summed E-state index contributed by atoms with van der Waals surface area (Å²) in [6.45, 7) is 8.93. The summed E-state index contributed by atoms with van der Waals surface area (Å²) in [6.07, 6.45) is 2.70. The number of rotatable bonds is 1. The summed E-state index contributed by atoms with van der Waals surface area (Å²) < 4.78 is 5.44. The van der Waals surface area contributed by atoms with Gasteiger partial charge >= 0.3 is 6.09 Å². The monoisotopic (exact) mass is 313 g/mol. The van der Waals surface area contributed by atoms with Crippen molar-refractivity contribution in [3.05, 3.63) is 35.5 Å². The fourth-order valence-corrected chi connectivity index (χ4v) is 2.91. The average molecular weight is 313 g/mol. The van der Waals surface area contributed by atoms with E-state index in [2.05, 4.69) is 22.3 Å². The first kappa shape index (κ1) is 15.6. The number of H-pyrrole nitrogens is 1. The van der Waals surface area contributed by atoms with Crippen molar-refractivity contribution in [2.24, 2.45) is 0 Å². The molecule has 1 aromatic heterocycles. The molecule has 0 unspecified atom stereocenters. The first-order valence-electron chi connectivity index (χ1n) is 7.96. The van der Waals surface area contributed by atoms with Gasteiger partial charge in [-0.2, -0.15) is 5.10 Å². The summed E-state index contributed by atoms with van der Waals surface area (Å²) in [5, 5.41) is 8.53. The molecule has 2 aromatic rings. The van der Waals surface area contributed by atoms with Gasteiger partial charge in [-0.15, -0.1) is 0 Å². The minimum absolute atomic E-state index is 0.245. The van der Waals surface area contributed by atoms with E-state index in [1.807, 2.05) is 39.8 Å². The molecular weight excluding hydrogens is 290 g/mol. The first-order valence-corrected chi connectivity index (χ1v) is 7.96. The van der Waals surface area contributed by atoms with Crippen LogP contribution in [0, 0.1) is 6.92 Å². The molecule has 23 heavy (non-hydrogen) atoms. The van der Waals surface area contributed by atoms with Gasteiger partial charge in [0.15, 0.2) is 0 Å². The second-order valence-electron chi connectivity index (χ2n) is 6.94. The van der Waals surface area contributed by atoms with Gasteiger partial charge in [-0.1, -0.05) is 18.2 Å². The zero-order chi connectivity index (χ0) is 16.6. The van der Waals surface area contributed by atoms with E-state index in [0.29, 0.717) is 13.1 Å². The number of aromatic nitrogens is 2. The van der Waals surface area contributed by atoms with Crippen LogP contribution in [0.1, 0.15) is 38.4 Å². The van der Waals surface area contributed by atoms with Gasteiger partial charge in [0.1, 0.15) is 5.60 Å². The molecule has 1 aliphatic rings. The van der Waals surface area contributed by atoms with E-state index < -0.39 is 5.60 Å². The lowest BCUT2D eigenvalue weighted by molar-refractivity contribution is 0.0270. The second-order valence-corrected chi connectivity index (χ2v) is 6.94. The summed E-state index contributed by atoms with van der Waals surface area (Å²) in [6, 6.07) is 6.20. The zero-order valence-electron chi connectivity index (χ0n) is 14.1. The molecule has 2 heterocycles. The smallest absolute Gasteiger partial charge is 0.410 e. The van der Waals surface area contributed by atoms with Gasteiger partial charge in [0.05, 0.1) is 11.2 Å². The van der Waals surface area contributed by atoms with Gasteiger partial charge in [0.2, 0.25) is 0 Å². The van der Waals surface area contributed by atoms with Crippen molar-refractivity contribution >= 4 is 22.6 Å². The van der Waals surface area contributed by atoms with Crippen molar-refractivity contribution in [2.75, 3.05) is 13.1 Å². The third-order valence-electron chi connectivity index (χ3n) is 3.98. The fraction of sp³-hybridized carbons (Fsp3) is 0.444. The molecule has 0 saturated heterocycles. The largest absolute Gasteiger partial charge is 0.444 e. The molecule has 1 amide bonds. The molecule has 0 atom stereocenters. The minimum atomic E-state index is -0.458. The van der Waals surface area contributed by atoms with Gasteiger partial charge in [0.25, 0.3) is 0 Å². The number of benzene rings is 1. The lowest BCUT2D eigenvalue weighted by atomic mass is 9.95. The van der Waals surface area contributed by atoms with E-state index in [9.17, 15) is 4.79 Å². The predicted molar refractivity (Wildman–Crippen MR) is 91.2 cm³/mol. The van der Waals surface area contributed by atoms with Crippen molar-refractivity contribution in [3.8, 4) is 0 Å². The number of carbonyl (C=O) groups excluding carboxylic acids is 1. The Kier molecular flexibility index (Phi) is 3.88. The van der Waals surface area contributed by atoms with Gasteiger partial charge in [-0.05, 0) is 51.3 Å². The Bertz CT molecular complexity index is 768. The van der Waals surface area contributed by atoms with Crippen LogP contribution in [0.15, 0.2) is 24.3 Å². The molecule has 0 aliphatic carbocycles. The molecule has 0 saturated carbocycles. The third kappa shape index (κ3) is 3.23. The normalized spacial score (nSPS) is 15.7. The highest BCUT2D eigenvalue weighted by molar-refractivity contribution is 5.94. The molecular formula is C18H23N3O2. The van der Waals surface area contributed by atoms with Crippen LogP contribution >= 0.6 is 0 Å². The number of hydrogen-bond donors (Lipinski definition) is 1. The van der Waals surface area contributed by atoms with Crippen molar-refractivity contribution in [2.45, 2.75) is 39.7 Å². The number of amides is 1. The molecule has 5 nitrogen and oxygen atoms in total. The van der Waals surface area contributed by atoms with Gasteiger partial charge < -0.3 is 9.64 Å². The molecule has 0 fully saturated rings. The molecule has 1 aliphatic heterocycles. The molecule has 0 spiro atoms. The minimum Gasteiger partial charge on any atom is -0.444 e. The summed E-state index contributed by atoms with van der Waals surface area (Å²) in [5.74, 6) is 0. The summed E-state index contributed by atoms with van der Waals surface area (Å²) in [7, 11) is 0. The predicted octanol–water partition coefficient (Wildman–Crippen LogP) is 3.90. The van der Waals surface area contributed by atoms with Gasteiger partial charge in [0, 0.05) is 18.5 Å². The molecule has 5 heteroatoms. The van der Waals surface area contributed by atoms with E-state index in [1.165, 1.54) is 16.5 Å². The molecule has 122 valence electrons. The lowest BCUT2D eigenvalue weighted by Crippen LogP contribution is -2.39. The maximum absolute atomic E-state index is 12.1. The van der Waals surface area contributed by atoms with Crippen LogP contribution in [0.4, 0.5) is 4.79 Å². The second kappa shape index (κ2) is 5.72.